The highest BCUT2D eigenvalue weighted by Crippen LogP contribution is 2.26. The first-order valence-corrected chi connectivity index (χ1v) is 7.38. The quantitative estimate of drug-likeness (QED) is 0.764. The van der Waals surface area contributed by atoms with E-state index in [1.54, 1.807) is 24.3 Å². The SMILES string of the molecule is CC(C)c1c(-c2ccc(C(N)=O)cc2)nc2c(C#N)c[nH]n2c1=O. The van der Waals surface area contributed by atoms with Gasteiger partial charge in [-0.3, -0.25) is 14.7 Å². The molecule has 0 saturated heterocycles. The second kappa shape index (κ2) is 5.66. The van der Waals surface area contributed by atoms with E-state index in [1.165, 1.54) is 10.7 Å². The van der Waals surface area contributed by atoms with Crippen LogP contribution in [0.4, 0.5) is 0 Å². The Morgan fingerprint density at radius 3 is 2.54 bits per heavy atom. The van der Waals surface area contributed by atoms with Crippen LogP contribution in [0.1, 0.15) is 41.3 Å². The van der Waals surface area contributed by atoms with Crippen molar-refractivity contribution in [3.8, 4) is 17.3 Å². The molecular formula is C17H15N5O2. The third-order valence-corrected chi connectivity index (χ3v) is 3.84. The standard InChI is InChI=1S/C17H15N5O2/c1-9(2)13-14(10-3-5-11(6-4-10)15(19)23)21-16-12(7-18)8-20-22(16)17(13)24/h3-6,8-9,20H,1-2H3,(H2,19,23). The molecule has 3 N–H and O–H groups in total. The van der Waals surface area contributed by atoms with Gasteiger partial charge in [0.25, 0.3) is 5.56 Å². The minimum Gasteiger partial charge on any atom is -0.366 e. The lowest BCUT2D eigenvalue weighted by Crippen LogP contribution is -2.22. The predicted molar refractivity (Wildman–Crippen MR) is 88.6 cm³/mol. The second-order valence-corrected chi connectivity index (χ2v) is 5.73. The Kier molecular flexibility index (Phi) is 3.66. The highest BCUT2D eigenvalue weighted by molar-refractivity contribution is 5.93. The second-order valence-electron chi connectivity index (χ2n) is 5.73. The van der Waals surface area contributed by atoms with Gasteiger partial charge >= 0.3 is 0 Å². The summed E-state index contributed by atoms with van der Waals surface area (Å²) in [5, 5.41) is 11.9. The zero-order valence-electron chi connectivity index (χ0n) is 13.2. The molecule has 0 bridgehead atoms. The van der Waals surface area contributed by atoms with Crippen LogP contribution in [0.5, 0.6) is 0 Å². The molecule has 3 aromatic rings. The van der Waals surface area contributed by atoms with E-state index in [4.69, 9.17) is 5.73 Å². The van der Waals surface area contributed by atoms with E-state index < -0.39 is 5.91 Å². The smallest absolute Gasteiger partial charge is 0.276 e. The molecule has 2 heterocycles. The number of nitriles is 1. The van der Waals surface area contributed by atoms with Crippen molar-refractivity contribution in [3.05, 3.63) is 57.5 Å². The number of aromatic nitrogens is 3. The zero-order valence-corrected chi connectivity index (χ0v) is 13.2. The van der Waals surface area contributed by atoms with Crippen molar-refractivity contribution in [1.82, 2.24) is 14.6 Å². The van der Waals surface area contributed by atoms with Gasteiger partial charge in [0.05, 0.1) is 5.69 Å². The van der Waals surface area contributed by atoms with Crippen LogP contribution in [0.2, 0.25) is 0 Å². The molecule has 0 spiro atoms. The maximum Gasteiger partial charge on any atom is 0.276 e. The molecule has 0 saturated carbocycles. The molecule has 0 aliphatic carbocycles. The molecule has 0 radical (unpaired) electrons. The van der Waals surface area contributed by atoms with Gasteiger partial charge in [-0.2, -0.15) is 5.26 Å². The number of amides is 1. The largest absolute Gasteiger partial charge is 0.366 e. The van der Waals surface area contributed by atoms with Crippen LogP contribution >= 0.6 is 0 Å². The number of primary amides is 1. The van der Waals surface area contributed by atoms with E-state index in [2.05, 4.69) is 10.1 Å². The van der Waals surface area contributed by atoms with E-state index in [9.17, 15) is 14.9 Å². The molecule has 0 aliphatic heterocycles. The molecule has 7 heteroatoms. The molecule has 120 valence electrons. The Labute approximate surface area is 137 Å². The molecule has 0 atom stereocenters. The fourth-order valence-electron chi connectivity index (χ4n) is 2.64. The number of nitrogens with one attached hydrogen (secondary N) is 1. The molecular weight excluding hydrogens is 306 g/mol. The average molecular weight is 321 g/mol. The third-order valence-electron chi connectivity index (χ3n) is 3.84. The number of nitrogens with two attached hydrogens (primary N) is 1. The molecule has 1 amide bonds. The van der Waals surface area contributed by atoms with Gasteiger partial charge in [-0.05, 0) is 18.1 Å². The van der Waals surface area contributed by atoms with Crippen molar-refractivity contribution in [1.29, 1.82) is 5.26 Å². The summed E-state index contributed by atoms with van der Waals surface area (Å²) >= 11 is 0. The lowest BCUT2D eigenvalue weighted by atomic mass is 9.97. The first-order valence-electron chi connectivity index (χ1n) is 7.38. The number of nitrogens with zero attached hydrogens (tertiary/aromatic N) is 3. The van der Waals surface area contributed by atoms with Crippen molar-refractivity contribution in [2.45, 2.75) is 19.8 Å². The topological polar surface area (TPSA) is 117 Å². The van der Waals surface area contributed by atoms with E-state index in [-0.39, 0.29) is 22.7 Å². The van der Waals surface area contributed by atoms with Gasteiger partial charge < -0.3 is 5.73 Å². The predicted octanol–water partition coefficient (Wildman–Crippen LogP) is 1.78. The summed E-state index contributed by atoms with van der Waals surface area (Å²) in [6, 6.07) is 8.59. The first-order chi connectivity index (χ1) is 11.4. The molecule has 24 heavy (non-hydrogen) atoms. The number of benzene rings is 1. The highest BCUT2D eigenvalue weighted by atomic mass is 16.1. The van der Waals surface area contributed by atoms with Gasteiger partial charge in [0, 0.05) is 22.9 Å². The van der Waals surface area contributed by atoms with Gasteiger partial charge in [0.2, 0.25) is 5.91 Å². The molecule has 7 nitrogen and oxygen atoms in total. The number of fused-ring (bicyclic) bond motifs is 1. The number of carbonyl (C=O) groups excluding carboxylic acids is 1. The Bertz CT molecular complexity index is 1040. The van der Waals surface area contributed by atoms with Crippen LogP contribution in [-0.2, 0) is 0 Å². The van der Waals surface area contributed by atoms with E-state index in [0.717, 1.165) is 0 Å². The van der Waals surface area contributed by atoms with E-state index >= 15 is 0 Å². The molecule has 1 aromatic carbocycles. The van der Waals surface area contributed by atoms with E-state index in [0.29, 0.717) is 22.4 Å². The number of hydrogen-bond acceptors (Lipinski definition) is 4. The van der Waals surface area contributed by atoms with Crippen LogP contribution in [0.3, 0.4) is 0 Å². The maximum absolute atomic E-state index is 12.8. The minimum absolute atomic E-state index is 0.0680. The van der Waals surface area contributed by atoms with Crippen LogP contribution < -0.4 is 11.3 Å². The normalized spacial score (nSPS) is 10.9. The monoisotopic (exact) mass is 321 g/mol. The Morgan fingerprint density at radius 2 is 2.00 bits per heavy atom. The van der Waals surface area contributed by atoms with Gasteiger partial charge in [-0.15, -0.1) is 0 Å². The molecule has 3 rings (SSSR count). The van der Waals surface area contributed by atoms with Crippen LogP contribution in [0.25, 0.3) is 16.9 Å². The van der Waals surface area contributed by atoms with Crippen molar-refractivity contribution < 1.29 is 4.79 Å². The van der Waals surface area contributed by atoms with Crippen molar-refractivity contribution in [2.75, 3.05) is 0 Å². The summed E-state index contributed by atoms with van der Waals surface area (Å²) in [5.74, 6) is -0.590. The summed E-state index contributed by atoms with van der Waals surface area (Å²) in [5.41, 5.74) is 7.68. The molecule has 0 unspecified atom stereocenters. The van der Waals surface area contributed by atoms with Crippen LogP contribution in [-0.4, -0.2) is 20.5 Å². The van der Waals surface area contributed by atoms with Gasteiger partial charge in [0.15, 0.2) is 5.65 Å². The molecule has 0 aliphatic rings. The lowest BCUT2D eigenvalue weighted by Gasteiger charge is -2.12. The van der Waals surface area contributed by atoms with Gasteiger partial charge in [0.1, 0.15) is 11.6 Å². The summed E-state index contributed by atoms with van der Waals surface area (Å²) < 4.78 is 1.27. The summed E-state index contributed by atoms with van der Waals surface area (Å²) in [6.45, 7) is 3.81. The number of aromatic amines is 1. The third kappa shape index (κ3) is 2.34. The van der Waals surface area contributed by atoms with Gasteiger partial charge in [-0.1, -0.05) is 26.0 Å². The first kappa shape index (κ1) is 15.5. The zero-order chi connectivity index (χ0) is 17.4. The Hall–Kier alpha value is -3.40. The molecule has 2 aromatic heterocycles. The minimum atomic E-state index is -0.522. The van der Waals surface area contributed by atoms with Crippen molar-refractivity contribution in [3.63, 3.8) is 0 Å². The lowest BCUT2D eigenvalue weighted by molar-refractivity contribution is 0.100. The van der Waals surface area contributed by atoms with E-state index in [1.807, 2.05) is 19.9 Å². The molecule has 0 fully saturated rings. The van der Waals surface area contributed by atoms with Crippen molar-refractivity contribution >= 4 is 11.6 Å². The van der Waals surface area contributed by atoms with Crippen LogP contribution in [0.15, 0.2) is 35.3 Å². The fraction of sp³-hybridized carbons (Fsp3) is 0.176. The Morgan fingerprint density at radius 1 is 1.33 bits per heavy atom. The maximum atomic E-state index is 12.8. The van der Waals surface area contributed by atoms with Gasteiger partial charge in [-0.25, -0.2) is 9.50 Å². The average Bonchev–Trinajstić information content (AvgIpc) is 2.97. The summed E-state index contributed by atoms with van der Waals surface area (Å²) in [6.07, 6.45) is 1.45. The number of H-pyrrole nitrogens is 1. The Balaban J connectivity index is 2.33. The number of hydrogen-bond donors (Lipinski definition) is 2. The number of rotatable bonds is 3. The number of carbonyl (C=O) groups is 1. The summed E-state index contributed by atoms with van der Waals surface area (Å²) in [4.78, 5) is 28.5. The van der Waals surface area contributed by atoms with Crippen molar-refractivity contribution in [2.24, 2.45) is 5.73 Å². The highest BCUT2D eigenvalue weighted by Gasteiger charge is 2.19. The fourth-order valence-corrected chi connectivity index (χ4v) is 2.64. The van der Waals surface area contributed by atoms with Crippen LogP contribution in [0, 0.1) is 11.3 Å². The summed E-state index contributed by atoms with van der Waals surface area (Å²) in [7, 11) is 0.